The number of rotatable bonds is 4. The number of hydrogen-bond donors (Lipinski definition) is 1. The molecule has 3 aromatic rings. The van der Waals surface area contributed by atoms with E-state index in [4.69, 9.17) is 5.73 Å². The lowest BCUT2D eigenvalue weighted by atomic mass is 9.61. The molecular formula is C30H25F3N6O2S2. The zero-order valence-electron chi connectivity index (χ0n) is 23.3. The Morgan fingerprint density at radius 2 is 1.86 bits per heavy atom. The lowest BCUT2D eigenvalue weighted by Crippen LogP contribution is -2.53. The van der Waals surface area contributed by atoms with Gasteiger partial charge in [0.1, 0.15) is 17.3 Å². The number of hydrogen-bond acceptors (Lipinski definition) is 9. The molecule has 2 aromatic carbocycles. The van der Waals surface area contributed by atoms with Gasteiger partial charge in [0.05, 0.1) is 11.1 Å². The fraction of sp³-hybridized carbons (Fsp3) is 0.300. The molecule has 1 atom stereocenters. The minimum Gasteiger partial charge on any atom is -0.384 e. The van der Waals surface area contributed by atoms with E-state index in [1.54, 1.807) is 42.3 Å². The van der Waals surface area contributed by atoms with Crippen LogP contribution in [-0.4, -0.2) is 28.9 Å². The maximum absolute atomic E-state index is 14.1. The largest absolute Gasteiger partial charge is 0.416 e. The standard InChI is InChI=1S/C30H25F3N6O2S2/c1-28(2)12-21-23(22(40)13-28)29(18-9-4-5-10-20(18)38(3)25(29)41)19(14-34)24(35)39(21)26-36-37-27(43-26)42-15-16-7-6-8-17(11-16)30(31,32)33/h4-11H,12-13,15,35H2,1-3H3/t29-/m1/s1. The summed E-state index contributed by atoms with van der Waals surface area (Å²) in [6.07, 6.45) is -3.90. The summed E-state index contributed by atoms with van der Waals surface area (Å²) in [7, 11) is 1.61. The molecule has 220 valence electrons. The van der Waals surface area contributed by atoms with E-state index in [0.717, 1.165) is 23.5 Å². The summed E-state index contributed by atoms with van der Waals surface area (Å²) in [4.78, 5) is 31.2. The van der Waals surface area contributed by atoms with E-state index in [-0.39, 0.29) is 40.1 Å². The van der Waals surface area contributed by atoms with Crippen molar-refractivity contribution in [1.29, 1.82) is 5.26 Å². The fourth-order valence-electron chi connectivity index (χ4n) is 6.21. The number of likely N-dealkylation sites (N-methyl/N-ethyl adjacent to an activating group) is 1. The Morgan fingerprint density at radius 1 is 1.12 bits per heavy atom. The Kier molecular flexibility index (Phi) is 6.70. The third-order valence-electron chi connectivity index (χ3n) is 7.98. The fourth-order valence-corrected chi connectivity index (χ4v) is 8.04. The highest BCUT2D eigenvalue weighted by Crippen LogP contribution is 2.58. The molecule has 0 unspecified atom stereocenters. The van der Waals surface area contributed by atoms with Gasteiger partial charge in [0.15, 0.2) is 10.1 Å². The summed E-state index contributed by atoms with van der Waals surface area (Å²) < 4.78 is 40.0. The van der Waals surface area contributed by atoms with Crippen molar-refractivity contribution >= 4 is 45.6 Å². The zero-order valence-corrected chi connectivity index (χ0v) is 25.0. The first kappa shape index (κ1) is 28.9. The van der Waals surface area contributed by atoms with E-state index in [1.807, 2.05) is 13.8 Å². The Bertz CT molecular complexity index is 1800. The van der Waals surface area contributed by atoms with Crippen molar-refractivity contribution in [2.75, 3.05) is 16.8 Å². The van der Waals surface area contributed by atoms with Gasteiger partial charge in [-0.15, -0.1) is 10.2 Å². The van der Waals surface area contributed by atoms with E-state index < -0.39 is 28.5 Å². The predicted molar refractivity (Wildman–Crippen MR) is 157 cm³/mol. The van der Waals surface area contributed by atoms with E-state index >= 15 is 0 Å². The zero-order chi connectivity index (χ0) is 30.9. The Hall–Kier alpha value is -4.15. The lowest BCUT2D eigenvalue weighted by molar-refractivity contribution is -0.137. The molecule has 1 amide bonds. The number of carbonyl (C=O) groups is 2. The molecular weight excluding hydrogens is 597 g/mol. The van der Waals surface area contributed by atoms with Crippen molar-refractivity contribution in [3.8, 4) is 6.07 Å². The monoisotopic (exact) mass is 622 g/mol. The average molecular weight is 623 g/mol. The third kappa shape index (κ3) is 4.42. The van der Waals surface area contributed by atoms with Crippen LogP contribution < -0.4 is 15.5 Å². The van der Waals surface area contributed by atoms with Gasteiger partial charge in [-0.25, -0.2) is 0 Å². The van der Waals surface area contributed by atoms with Crippen LogP contribution in [0.5, 0.6) is 0 Å². The summed E-state index contributed by atoms with van der Waals surface area (Å²) in [5.41, 5.74) is 6.09. The Labute approximate surface area is 253 Å². The number of aromatic nitrogens is 2. The molecule has 43 heavy (non-hydrogen) atoms. The van der Waals surface area contributed by atoms with Crippen LogP contribution in [0, 0.1) is 16.7 Å². The smallest absolute Gasteiger partial charge is 0.384 e. The maximum atomic E-state index is 14.1. The normalized spacial score (nSPS) is 21.4. The second-order valence-electron chi connectivity index (χ2n) is 11.4. The maximum Gasteiger partial charge on any atom is 0.416 e. The third-order valence-corrected chi connectivity index (χ3v) is 10.1. The number of nitrogens with two attached hydrogens (primary N) is 1. The van der Waals surface area contributed by atoms with Crippen LogP contribution in [-0.2, 0) is 26.9 Å². The number of nitriles is 1. The quantitative estimate of drug-likeness (QED) is 0.357. The van der Waals surface area contributed by atoms with Crippen LogP contribution in [0.3, 0.4) is 0 Å². The minimum atomic E-state index is -4.45. The van der Waals surface area contributed by atoms with Crippen molar-refractivity contribution in [2.45, 2.75) is 48.4 Å². The molecule has 2 N–H and O–H groups in total. The number of benzene rings is 2. The number of thioether (sulfide) groups is 1. The second kappa shape index (κ2) is 9.96. The number of para-hydroxylation sites is 1. The highest BCUT2D eigenvalue weighted by atomic mass is 32.2. The van der Waals surface area contributed by atoms with Gasteiger partial charge in [-0.2, -0.15) is 18.4 Å². The molecule has 0 fully saturated rings. The summed E-state index contributed by atoms with van der Waals surface area (Å²) in [6.45, 7) is 3.90. The van der Waals surface area contributed by atoms with Crippen molar-refractivity contribution in [1.82, 2.24) is 10.2 Å². The molecule has 1 aliphatic carbocycles. The Balaban J connectivity index is 1.45. The summed E-state index contributed by atoms with van der Waals surface area (Å²) >= 11 is 2.35. The number of ketones is 1. The predicted octanol–water partition coefficient (Wildman–Crippen LogP) is 5.92. The minimum absolute atomic E-state index is 0.0178. The number of nitrogens with zero attached hydrogens (tertiary/aromatic N) is 5. The molecule has 13 heteroatoms. The molecule has 0 bridgehead atoms. The van der Waals surface area contributed by atoms with Gasteiger partial charge in [-0.1, -0.05) is 73.3 Å². The van der Waals surface area contributed by atoms with Gasteiger partial charge >= 0.3 is 6.18 Å². The number of Topliss-reactive ketones (excluding diaryl/α,β-unsaturated/α-hetero) is 1. The lowest BCUT2D eigenvalue weighted by Gasteiger charge is -2.45. The first-order valence-electron chi connectivity index (χ1n) is 13.3. The van der Waals surface area contributed by atoms with E-state index in [9.17, 15) is 28.0 Å². The van der Waals surface area contributed by atoms with Crippen molar-refractivity contribution in [2.24, 2.45) is 11.1 Å². The van der Waals surface area contributed by atoms with Gasteiger partial charge in [-0.05, 0) is 29.5 Å². The van der Waals surface area contributed by atoms with Gasteiger partial charge in [0, 0.05) is 41.7 Å². The highest BCUT2D eigenvalue weighted by molar-refractivity contribution is 8.00. The van der Waals surface area contributed by atoms with Gasteiger partial charge in [-0.3, -0.25) is 14.5 Å². The molecule has 3 aliphatic rings. The van der Waals surface area contributed by atoms with Crippen molar-refractivity contribution in [3.63, 3.8) is 0 Å². The van der Waals surface area contributed by atoms with Gasteiger partial charge < -0.3 is 10.6 Å². The van der Waals surface area contributed by atoms with Crippen LogP contribution in [0.25, 0.3) is 0 Å². The van der Waals surface area contributed by atoms with Crippen LogP contribution >= 0.6 is 23.1 Å². The highest BCUT2D eigenvalue weighted by Gasteiger charge is 2.62. The number of alkyl halides is 3. The van der Waals surface area contributed by atoms with E-state index in [2.05, 4.69) is 16.3 Å². The number of anilines is 2. The number of halogens is 3. The number of amides is 1. The molecule has 2 aliphatic heterocycles. The molecule has 0 radical (unpaired) electrons. The van der Waals surface area contributed by atoms with Gasteiger partial charge in [0.2, 0.25) is 11.0 Å². The van der Waals surface area contributed by atoms with E-state index in [1.165, 1.54) is 22.7 Å². The molecule has 1 aromatic heterocycles. The summed E-state index contributed by atoms with van der Waals surface area (Å²) in [5, 5.41) is 19.4. The molecule has 3 heterocycles. The molecule has 1 spiro atoms. The van der Waals surface area contributed by atoms with Crippen molar-refractivity contribution in [3.05, 3.63) is 87.9 Å². The van der Waals surface area contributed by atoms with Crippen LogP contribution in [0.1, 0.15) is 43.4 Å². The summed E-state index contributed by atoms with van der Waals surface area (Å²) in [6, 6.07) is 14.3. The first-order valence-corrected chi connectivity index (χ1v) is 15.1. The SMILES string of the molecule is CN1C(=O)[C@@]2(C(C#N)=C(N)N(c3nnc(SCc4cccc(C(F)(F)F)c4)s3)C3=C2C(=O)CC(C)(C)C3)c2ccccc21. The van der Waals surface area contributed by atoms with Crippen LogP contribution in [0.15, 0.2) is 75.5 Å². The molecule has 6 rings (SSSR count). The first-order chi connectivity index (χ1) is 20.3. The number of carbonyl (C=O) groups excluding carboxylic acids is 2. The second-order valence-corrected chi connectivity index (χ2v) is 13.6. The number of fused-ring (bicyclic) bond motifs is 3. The average Bonchev–Trinajstić information content (AvgIpc) is 3.49. The van der Waals surface area contributed by atoms with Crippen LogP contribution in [0.4, 0.5) is 24.0 Å². The van der Waals surface area contributed by atoms with Crippen LogP contribution in [0.2, 0.25) is 0 Å². The van der Waals surface area contributed by atoms with Crippen molar-refractivity contribution < 1.29 is 22.8 Å². The summed E-state index contributed by atoms with van der Waals surface area (Å²) in [5.74, 6) is -0.481. The molecule has 0 saturated heterocycles. The Morgan fingerprint density at radius 3 is 2.58 bits per heavy atom. The van der Waals surface area contributed by atoms with Gasteiger partial charge in [0.25, 0.3) is 0 Å². The topological polar surface area (TPSA) is 116 Å². The van der Waals surface area contributed by atoms with E-state index in [0.29, 0.717) is 33.3 Å². The number of allylic oxidation sites excluding steroid dienone is 1. The molecule has 0 saturated carbocycles. The molecule has 8 nitrogen and oxygen atoms in total.